The van der Waals surface area contributed by atoms with Crippen molar-refractivity contribution in [2.75, 3.05) is 26.7 Å². The van der Waals surface area contributed by atoms with Gasteiger partial charge < -0.3 is 20.2 Å². The van der Waals surface area contributed by atoms with Crippen molar-refractivity contribution in [3.05, 3.63) is 121 Å². The average molecular weight is 895 g/mol. The zero-order valence-electron chi connectivity index (χ0n) is 26.6. The number of halogens is 6. The molecule has 6 rings (SSSR count). The standard InChI is InChI=1S/2C8H4F3N4.2C8H11P.Os/c2*9-8(10,11)7-13-6(14-15-7)5-3-1-2-4-12-5;2*1-9(2)8-6-4-3-5-7-8;/h2*1-4H;2*3-7H,1-2H3;/q2*-1;;;+2/p+2. The molecule has 0 aliphatic carbocycles. The number of benzene rings is 2. The third-order valence-corrected chi connectivity index (χ3v) is 8.88. The van der Waals surface area contributed by atoms with E-state index < -0.39 is 24.0 Å². The molecule has 0 saturated heterocycles. The van der Waals surface area contributed by atoms with E-state index in [0.717, 1.165) is 0 Å². The Balaban J connectivity index is 0.000000232. The summed E-state index contributed by atoms with van der Waals surface area (Å²) >= 11 is 0. The summed E-state index contributed by atoms with van der Waals surface area (Å²) in [4.78, 5) is 14.1. The first-order chi connectivity index (χ1) is 22.8. The van der Waals surface area contributed by atoms with Crippen LogP contribution in [0.5, 0.6) is 0 Å². The van der Waals surface area contributed by atoms with Crippen molar-refractivity contribution in [2.24, 2.45) is 0 Å². The van der Waals surface area contributed by atoms with Gasteiger partial charge in [-0.25, -0.2) is 0 Å². The zero-order chi connectivity index (χ0) is 35.2. The Labute approximate surface area is 295 Å². The molecule has 0 spiro atoms. The maximum absolute atomic E-state index is 12.1. The Hall–Kier alpha value is -3.90. The monoisotopic (exact) mass is 896 g/mol. The number of nitrogens with zero attached hydrogens (tertiary/aromatic N) is 8. The van der Waals surface area contributed by atoms with Crippen LogP contribution in [-0.4, -0.2) is 56.8 Å². The van der Waals surface area contributed by atoms with E-state index in [9.17, 15) is 26.3 Å². The normalized spacial score (nSPS) is 10.9. The van der Waals surface area contributed by atoms with E-state index in [1.54, 1.807) is 24.3 Å². The van der Waals surface area contributed by atoms with Crippen molar-refractivity contribution in [1.29, 1.82) is 0 Å². The fraction of sp³-hybridized carbons (Fsp3) is 0.188. The van der Waals surface area contributed by atoms with Gasteiger partial charge in [0, 0.05) is 39.9 Å². The SMILES string of the molecule is C[PH+](C)c1ccccc1.C[PH+](C)c1ccccc1.FC(F)(F)c1nc(-c2ccccn2)n[n-]1.FC(F)(F)c1nc(-c2ccccn2)n[n-]1.[Os+2]. The van der Waals surface area contributed by atoms with Gasteiger partial charge in [0.05, 0.1) is 60.3 Å². The van der Waals surface area contributed by atoms with Gasteiger partial charge in [-0.2, -0.15) is 26.3 Å². The molecule has 0 radical (unpaired) electrons. The molecule has 8 nitrogen and oxygen atoms in total. The van der Waals surface area contributed by atoms with Crippen LogP contribution < -0.4 is 20.8 Å². The van der Waals surface area contributed by atoms with Crippen LogP contribution in [0.15, 0.2) is 109 Å². The zero-order valence-corrected chi connectivity index (χ0v) is 31.1. The molecule has 0 aliphatic heterocycles. The largest absolute Gasteiger partial charge is 2.00 e. The third-order valence-electron chi connectivity index (χ3n) is 5.90. The third kappa shape index (κ3) is 14.2. The van der Waals surface area contributed by atoms with Gasteiger partial charge >= 0.3 is 32.1 Å². The minimum atomic E-state index is -4.57. The van der Waals surface area contributed by atoms with E-state index in [-0.39, 0.29) is 58.7 Å². The first kappa shape index (κ1) is 41.3. The summed E-state index contributed by atoms with van der Waals surface area (Å²) in [5.41, 5.74) is 0.529. The molecule has 49 heavy (non-hydrogen) atoms. The van der Waals surface area contributed by atoms with Gasteiger partial charge in [0.25, 0.3) is 0 Å². The number of hydrogen-bond donors (Lipinski definition) is 0. The summed E-state index contributed by atoms with van der Waals surface area (Å²) in [5, 5.41) is 15.5. The molecule has 17 heteroatoms. The van der Waals surface area contributed by atoms with Gasteiger partial charge in [0.1, 0.15) is 0 Å². The fourth-order valence-electron chi connectivity index (χ4n) is 3.47. The summed E-state index contributed by atoms with van der Waals surface area (Å²) < 4.78 is 72.8. The summed E-state index contributed by atoms with van der Waals surface area (Å²) in [6, 6.07) is 30.9. The van der Waals surface area contributed by atoms with Crippen LogP contribution in [0.1, 0.15) is 11.6 Å². The molecule has 4 heterocycles. The van der Waals surface area contributed by atoms with E-state index in [1.807, 2.05) is 0 Å². The van der Waals surface area contributed by atoms with Crippen LogP contribution >= 0.6 is 15.8 Å². The van der Waals surface area contributed by atoms with Crippen LogP contribution in [0.3, 0.4) is 0 Å². The van der Waals surface area contributed by atoms with Gasteiger partial charge in [0.2, 0.25) is 0 Å². The summed E-state index contributed by atoms with van der Waals surface area (Å²) in [6.45, 7) is 9.22. The van der Waals surface area contributed by atoms with E-state index in [1.165, 1.54) is 35.1 Å². The second-order valence-corrected chi connectivity index (χ2v) is 15.2. The number of rotatable bonds is 4. The van der Waals surface area contributed by atoms with Crippen LogP contribution in [0.25, 0.3) is 23.0 Å². The second-order valence-electron chi connectivity index (χ2n) is 10.1. The topological polar surface area (TPSA) is 106 Å². The maximum Gasteiger partial charge on any atom is 2.00 e. The van der Waals surface area contributed by atoms with E-state index in [0.29, 0.717) is 0 Å². The quantitative estimate of drug-likeness (QED) is 0.144. The van der Waals surface area contributed by atoms with Crippen molar-refractivity contribution >= 4 is 26.5 Å². The van der Waals surface area contributed by atoms with Crippen molar-refractivity contribution < 1.29 is 46.1 Å². The predicted molar refractivity (Wildman–Crippen MR) is 180 cm³/mol. The van der Waals surface area contributed by atoms with Gasteiger partial charge in [0.15, 0.2) is 0 Å². The van der Waals surface area contributed by atoms with Gasteiger partial charge in [-0.05, 0) is 48.5 Å². The molecule has 0 fully saturated rings. The summed E-state index contributed by atoms with van der Waals surface area (Å²) in [7, 11) is -0.424. The second kappa shape index (κ2) is 19.9. The number of pyridine rings is 2. The number of alkyl halides is 6. The van der Waals surface area contributed by atoms with Crippen molar-refractivity contribution in [1.82, 2.24) is 40.3 Å². The molecule has 0 N–H and O–H groups in total. The van der Waals surface area contributed by atoms with Crippen molar-refractivity contribution in [3.8, 4) is 23.0 Å². The summed E-state index contributed by atoms with van der Waals surface area (Å²) in [5.74, 6) is -2.74. The predicted octanol–water partition coefficient (Wildman–Crippen LogP) is 6.60. The first-order valence-corrected chi connectivity index (χ1v) is 19.2. The van der Waals surface area contributed by atoms with Gasteiger partial charge in [-0.15, -0.1) is 0 Å². The van der Waals surface area contributed by atoms with E-state index >= 15 is 0 Å². The van der Waals surface area contributed by atoms with Gasteiger partial charge in [-0.1, -0.05) is 48.5 Å². The van der Waals surface area contributed by atoms with Crippen LogP contribution in [0.2, 0.25) is 0 Å². The minimum absolute atomic E-state index is 0. The molecule has 0 amide bonds. The molecule has 0 saturated carbocycles. The molecular weight excluding hydrogens is 863 g/mol. The number of hydrogen-bond acceptors (Lipinski definition) is 6. The maximum atomic E-state index is 12.1. The molecular formula is C32H32F6N8OsP2+2. The Bertz CT molecular complexity index is 1620. The molecule has 258 valence electrons. The Morgan fingerprint density at radius 2 is 0.816 bits per heavy atom. The van der Waals surface area contributed by atoms with Crippen LogP contribution in [0, 0.1) is 0 Å². The molecule has 0 unspecified atom stereocenters. The van der Waals surface area contributed by atoms with E-state index in [4.69, 9.17) is 0 Å². The Morgan fingerprint density at radius 3 is 1.04 bits per heavy atom. The molecule has 0 atom stereocenters. The van der Waals surface area contributed by atoms with E-state index in [2.05, 4.69) is 128 Å². The smallest absolute Gasteiger partial charge is 0.413 e. The minimum Gasteiger partial charge on any atom is -0.413 e. The molecule has 0 bridgehead atoms. The average Bonchev–Trinajstić information content (AvgIpc) is 3.79. The van der Waals surface area contributed by atoms with Crippen LogP contribution in [0.4, 0.5) is 26.3 Å². The van der Waals surface area contributed by atoms with Crippen molar-refractivity contribution in [3.63, 3.8) is 0 Å². The van der Waals surface area contributed by atoms with Crippen molar-refractivity contribution in [2.45, 2.75) is 12.4 Å². The summed E-state index contributed by atoms with van der Waals surface area (Å²) in [6.07, 6.45) is -6.25. The fourth-order valence-corrected chi connectivity index (χ4v) is 5.19. The molecule has 6 aromatic rings. The van der Waals surface area contributed by atoms with Crippen LogP contribution in [-0.2, 0) is 32.1 Å². The first-order valence-electron chi connectivity index (χ1n) is 14.2. The Kier molecular flexibility index (Phi) is 16.8. The molecule has 4 aromatic heterocycles. The molecule has 0 aliphatic rings. The Morgan fingerprint density at radius 1 is 0.490 bits per heavy atom. The molecule has 2 aromatic carbocycles. The number of aromatic nitrogens is 8. The van der Waals surface area contributed by atoms with Gasteiger partial charge in [-0.3, -0.25) is 20.2 Å².